The third kappa shape index (κ3) is 3.78. The topological polar surface area (TPSA) is 150 Å². The number of nitrogens with zero attached hydrogens (tertiary/aromatic N) is 5. The molecule has 1 fully saturated rings. The van der Waals surface area contributed by atoms with Gasteiger partial charge in [0, 0.05) is 41.2 Å². The van der Waals surface area contributed by atoms with Gasteiger partial charge in [-0.25, -0.2) is 19.6 Å². The maximum Gasteiger partial charge on any atom is 0.416 e. The summed E-state index contributed by atoms with van der Waals surface area (Å²) in [5.41, 5.74) is 8.77. The SMILES string of the molecule is CNCc1cc(Oc2ccc3c(c2)c(-c2cnn(C(N)=O)c2C2CC2)cn3C(=O)O)ncn1. The van der Waals surface area contributed by atoms with Crippen molar-refractivity contribution in [3.05, 3.63) is 54.4 Å². The Labute approximate surface area is 187 Å². The van der Waals surface area contributed by atoms with Gasteiger partial charge in [0.05, 0.1) is 23.1 Å². The van der Waals surface area contributed by atoms with E-state index in [0.29, 0.717) is 45.9 Å². The summed E-state index contributed by atoms with van der Waals surface area (Å²) in [6.45, 7) is 0.567. The number of fused-ring (bicyclic) bond motifs is 1. The van der Waals surface area contributed by atoms with Crippen molar-refractivity contribution in [2.45, 2.75) is 25.3 Å². The molecule has 33 heavy (non-hydrogen) atoms. The van der Waals surface area contributed by atoms with Crippen LogP contribution in [0.4, 0.5) is 9.59 Å². The smallest absolute Gasteiger partial charge is 0.416 e. The molecule has 4 N–H and O–H groups in total. The third-order valence-electron chi connectivity index (χ3n) is 5.53. The zero-order valence-corrected chi connectivity index (χ0v) is 17.7. The zero-order valence-electron chi connectivity index (χ0n) is 17.7. The van der Waals surface area contributed by atoms with E-state index in [4.69, 9.17) is 10.5 Å². The van der Waals surface area contributed by atoms with Gasteiger partial charge in [0.2, 0.25) is 5.88 Å². The van der Waals surface area contributed by atoms with Gasteiger partial charge in [-0.3, -0.25) is 4.57 Å². The molecule has 0 radical (unpaired) electrons. The highest BCUT2D eigenvalue weighted by Gasteiger charge is 2.33. The molecule has 1 aliphatic carbocycles. The number of carboxylic acid groups (broad SMARTS) is 1. The normalized spacial score (nSPS) is 13.4. The lowest BCUT2D eigenvalue weighted by Crippen LogP contribution is -2.22. The van der Waals surface area contributed by atoms with Crippen molar-refractivity contribution in [3.63, 3.8) is 0 Å². The van der Waals surface area contributed by atoms with Crippen LogP contribution in [0.1, 0.15) is 30.1 Å². The summed E-state index contributed by atoms with van der Waals surface area (Å²) in [4.78, 5) is 32.1. The molecule has 11 heteroatoms. The number of hydrogen-bond donors (Lipinski definition) is 3. The molecule has 168 valence electrons. The zero-order chi connectivity index (χ0) is 23.1. The Morgan fingerprint density at radius 3 is 2.76 bits per heavy atom. The molecule has 0 bridgehead atoms. The van der Waals surface area contributed by atoms with Crippen LogP contribution >= 0.6 is 0 Å². The highest BCUT2D eigenvalue weighted by atomic mass is 16.5. The fourth-order valence-electron chi connectivity index (χ4n) is 3.97. The van der Waals surface area contributed by atoms with Crippen LogP contribution in [-0.2, 0) is 6.54 Å². The average Bonchev–Trinajstić information content (AvgIpc) is 3.41. The second-order valence-corrected chi connectivity index (χ2v) is 7.82. The molecule has 0 spiro atoms. The maximum absolute atomic E-state index is 11.9. The number of carbonyl (C=O) groups is 2. The predicted octanol–water partition coefficient (Wildman–Crippen LogP) is 3.14. The first kappa shape index (κ1) is 20.6. The first-order valence-electron chi connectivity index (χ1n) is 10.4. The molecule has 1 aromatic carbocycles. The van der Waals surface area contributed by atoms with E-state index in [-0.39, 0.29) is 5.92 Å². The van der Waals surface area contributed by atoms with Crippen molar-refractivity contribution in [2.24, 2.45) is 5.73 Å². The number of nitrogens with one attached hydrogen (secondary N) is 1. The van der Waals surface area contributed by atoms with Crippen LogP contribution in [-0.4, -0.2) is 48.6 Å². The van der Waals surface area contributed by atoms with Crippen LogP contribution < -0.4 is 15.8 Å². The fourth-order valence-corrected chi connectivity index (χ4v) is 3.97. The number of primary amides is 1. The van der Waals surface area contributed by atoms with Gasteiger partial charge in [-0.05, 0) is 38.1 Å². The molecular weight excluding hydrogens is 426 g/mol. The number of benzene rings is 1. The summed E-state index contributed by atoms with van der Waals surface area (Å²) in [5.74, 6) is 1.01. The fraction of sp³-hybridized carbons (Fsp3) is 0.227. The van der Waals surface area contributed by atoms with E-state index in [0.717, 1.165) is 23.1 Å². The van der Waals surface area contributed by atoms with Crippen molar-refractivity contribution in [2.75, 3.05) is 7.05 Å². The first-order valence-corrected chi connectivity index (χ1v) is 10.4. The molecule has 0 atom stereocenters. The minimum absolute atomic E-state index is 0.157. The Balaban J connectivity index is 1.62. The summed E-state index contributed by atoms with van der Waals surface area (Å²) in [5, 5.41) is 17.6. The molecule has 0 aliphatic heterocycles. The van der Waals surface area contributed by atoms with Gasteiger partial charge >= 0.3 is 12.1 Å². The standard InChI is InChI=1S/C22H21N7O4/c1-24-8-13-6-19(26-11-25-13)33-14-4-5-18-15(7-14)17(10-28(18)22(31)32)16-9-27-29(21(23)30)20(16)12-2-3-12/h4-7,9-12,24H,2-3,8H2,1H3,(H2,23,30)(H,31,32). The first-order chi connectivity index (χ1) is 16.0. The summed E-state index contributed by atoms with van der Waals surface area (Å²) in [6, 6.07) is 6.16. The lowest BCUT2D eigenvalue weighted by Gasteiger charge is -2.08. The van der Waals surface area contributed by atoms with E-state index in [1.54, 1.807) is 30.5 Å². The Morgan fingerprint density at radius 1 is 1.24 bits per heavy atom. The minimum Gasteiger partial charge on any atom is -0.464 e. The van der Waals surface area contributed by atoms with Gasteiger partial charge in [-0.2, -0.15) is 9.78 Å². The molecule has 1 saturated carbocycles. The minimum atomic E-state index is -1.12. The number of ether oxygens (including phenoxy) is 1. The van der Waals surface area contributed by atoms with Crippen molar-refractivity contribution >= 4 is 23.0 Å². The highest BCUT2D eigenvalue weighted by Crippen LogP contribution is 2.46. The molecule has 3 heterocycles. The Hall–Kier alpha value is -4.25. The third-order valence-corrected chi connectivity index (χ3v) is 5.53. The number of hydrogen-bond acceptors (Lipinski definition) is 7. The number of carbonyl (C=O) groups excluding carboxylic acids is 1. The van der Waals surface area contributed by atoms with E-state index >= 15 is 0 Å². The molecule has 0 unspecified atom stereocenters. The second-order valence-electron chi connectivity index (χ2n) is 7.82. The largest absolute Gasteiger partial charge is 0.464 e. The summed E-state index contributed by atoms with van der Waals surface area (Å²) in [6.07, 6.45) is 5.22. The van der Waals surface area contributed by atoms with Gasteiger partial charge in [0.15, 0.2) is 0 Å². The van der Waals surface area contributed by atoms with E-state index in [9.17, 15) is 14.7 Å². The monoisotopic (exact) mass is 447 g/mol. The van der Waals surface area contributed by atoms with Gasteiger partial charge in [0.1, 0.15) is 12.1 Å². The lowest BCUT2D eigenvalue weighted by atomic mass is 10.0. The second kappa shape index (κ2) is 8.02. The van der Waals surface area contributed by atoms with Gasteiger partial charge in [-0.15, -0.1) is 0 Å². The van der Waals surface area contributed by atoms with Crippen molar-refractivity contribution in [3.8, 4) is 22.8 Å². The Bertz CT molecular complexity index is 1390. The molecule has 5 rings (SSSR count). The van der Waals surface area contributed by atoms with Gasteiger partial charge in [0.25, 0.3) is 0 Å². The molecule has 4 aromatic rings. The van der Waals surface area contributed by atoms with Gasteiger partial charge in [-0.1, -0.05) is 0 Å². The van der Waals surface area contributed by atoms with E-state index < -0.39 is 12.1 Å². The number of amides is 1. The van der Waals surface area contributed by atoms with Crippen LogP contribution in [0.3, 0.4) is 0 Å². The van der Waals surface area contributed by atoms with Crippen molar-refractivity contribution < 1.29 is 19.4 Å². The molecule has 11 nitrogen and oxygen atoms in total. The van der Waals surface area contributed by atoms with Crippen LogP contribution in [0.2, 0.25) is 0 Å². The van der Waals surface area contributed by atoms with Crippen LogP contribution in [0.25, 0.3) is 22.0 Å². The van der Waals surface area contributed by atoms with Crippen molar-refractivity contribution in [1.29, 1.82) is 0 Å². The van der Waals surface area contributed by atoms with E-state index in [2.05, 4.69) is 20.4 Å². The van der Waals surface area contributed by atoms with E-state index in [1.807, 2.05) is 7.05 Å². The molecule has 3 aromatic heterocycles. The van der Waals surface area contributed by atoms with Gasteiger partial charge < -0.3 is 20.9 Å². The van der Waals surface area contributed by atoms with Crippen LogP contribution in [0, 0.1) is 0 Å². The maximum atomic E-state index is 11.9. The molecule has 1 aliphatic rings. The molecule has 1 amide bonds. The average molecular weight is 447 g/mol. The molecule has 0 saturated heterocycles. The lowest BCUT2D eigenvalue weighted by molar-refractivity contribution is 0.197. The quantitative estimate of drug-likeness (QED) is 0.408. The highest BCUT2D eigenvalue weighted by molar-refractivity contribution is 6.01. The Morgan fingerprint density at radius 2 is 2.06 bits per heavy atom. The summed E-state index contributed by atoms with van der Waals surface area (Å²) < 4.78 is 8.27. The summed E-state index contributed by atoms with van der Waals surface area (Å²) >= 11 is 0. The van der Waals surface area contributed by atoms with Crippen LogP contribution in [0.5, 0.6) is 11.6 Å². The van der Waals surface area contributed by atoms with Crippen LogP contribution in [0.15, 0.2) is 43.0 Å². The van der Waals surface area contributed by atoms with E-state index in [1.165, 1.54) is 17.2 Å². The number of rotatable bonds is 6. The van der Waals surface area contributed by atoms with Crippen molar-refractivity contribution in [1.82, 2.24) is 29.6 Å². The number of nitrogens with two attached hydrogens (primary N) is 1. The molecular formula is C22H21N7O4. The Kier molecular flexibility index (Phi) is 5.02. The summed E-state index contributed by atoms with van der Waals surface area (Å²) in [7, 11) is 1.82. The predicted molar refractivity (Wildman–Crippen MR) is 118 cm³/mol. The number of aromatic nitrogens is 5.